The minimum absolute atomic E-state index is 0.189. The van der Waals surface area contributed by atoms with E-state index in [0.717, 1.165) is 5.56 Å². The Labute approximate surface area is 165 Å². The first-order valence-electron chi connectivity index (χ1n) is 8.78. The molecule has 0 bridgehead atoms. The van der Waals surface area contributed by atoms with Crippen molar-refractivity contribution in [1.82, 2.24) is 35.2 Å². The Balaban J connectivity index is 1.36. The molecule has 10 nitrogen and oxygen atoms in total. The van der Waals surface area contributed by atoms with E-state index in [1.165, 1.54) is 6.33 Å². The number of amides is 1. The van der Waals surface area contributed by atoms with Crippen molar-refractivity contribution < 1.29 is 14.1 Å². The largest absolute Gasteiger partial charge is 0.485 e. The predicted molar refractivity (Wildman–Crippen MR) is 100 cm³/mol. The lowest BCUT2D eigenvalue weighted by atomic mass is 10.2. The van der Waals surface area contributed by atoms with E-state index in [4.69, 9.17) is 9.26 Å². The maximum absolute atomic E-state index is 12.5. The first-order valence-corrected chi connectivity index (χ1v) is 8.78. The quantitative estimate of drug-likeness (QED) is 0.507. The second-order valence-electron chi connectivity index (χ2n) is 6.05. The van der Waals surface area contributed by atoms with Crippen LogP contribution in [0.3, 0.4) is 0 Å². The normalized spacial score (nSPS) is 10.7. The van der Waals surface area contributed by atoms with E-state index >= 15 is 0 Å². The van der Waals surface area contributed by atoms with Gasteiger partial charge in [0.2, 0.25) is 11.7 Å². The van der Waals surface area contributed by atoms with E-state index in [2.05, 4.69) is 30.5 Å². The van der Waals surface area contributed by atoms with Crippen LogP contribution in [-0.4, -0.2) is 35.8 Å². The predicted octanol–water partition coefficient (Wildman–Crippen LogP) is 1.86. The Morgan fingerprint density at radius 1 is 1.24 bits per heavy atom. The van der Waals surface area contributed by atoms with Crippen LogP contribution in [0.1, 0.15) is 27.6 Å². The van der Waals surface area contributed by atoms with Crippen LogP contribution in [0, 0.1) is 6.92 Å². The maximum Gasteiger partial charge on any atom is 0.251 e. The number of carbonyl (C=O) groups excluding carboxylic acids is 1. The molecule has 4 aromatic rings. The monoisotopic (exact) mass is 391 g/mol. The number of aromatic nitrogens is 6. The van der Waals surface area contributed by atoms with Crippen molar-refractivity contribution >= 4 is 5.91 Å². The minimum Gasteiger partial charge on any atom is -0.485 e. The van der Waals surface area contributed by atoms with Gasteiger partial charge in [-0.1, -0.05) is 11.2 Å². The van der Waals surface area contributed by atoms with Crippen LogP contribution in [0.25, 0.3) is 5.82 Å². The summed E-state index contributed by atoms with van der Waals surface area (Å²) in [6, 6.07) is 10.5. The highest BCUT2D eigenvalue weighted by atomic mass is 16.5. The van der Waals surface area contributed by atoms with Gasteiger partial charge >= 0.3 is 0 Å². The number of ether oxygens (including phenoxy) is 1. The second kappa shape index (κ2) is 8.30. The molecule has 1 amide bonds. The summed E-state index contributed by atoms with van der Waals surface area (Å²) in [6.45, 7) is 2.20. The summed E-state index contributed by atoms with van der Waals surface area (Å²) in [7, 11) is 0. The van der Waals surface area contributed by atoms with E-state index in [9.17, 15) is 4.79 Å². The molecule has 0 aliphatic rings. The topological polar surface area (TPSA) is 121 Å². The number of pyridine rings is 1. The molecule has 0 aliphatic carbocycles. The molecule has 0 saturated heterocycles. The van der Waals surface area contributed by atoms with E-state index in [1.807, 2.05) is 6.07 Å². The van der Waals surface area contributed by atoms with Gasteiger partial charge in [0.25, 0.3) is 5.91 Å². The molecular formula is C19H17N7O3. The lowest BCUT2D eigenvalue weighted by molar-refractivity contribution is 0.0951. The number of nitrogens with zero attached hydrogens (tertiary/aromatic N) is 6. The molecule has 3 aromatic heterocycles. The fraction of sp³-hybridized carbons (Fsp3) is 0.158. The summed E-state index contributed by atoms with van der Waals surface area (Å²) in [5, 5.41) is 10.7. The van der Waals surface area contributed by atoms with Crippen molar-refractivity contribution in [3.8, 4) is 11.6 Å². The standard InChI is InChI=1S/C19H17N7O3/c1-13-24-17(25-29-13)10-28-16-6-4-14(5-7-16)19(27)22-9-15-3-2-8-21-18(15)26-12-20-11-23-26/h2-8,11-12H,9-10H2,1H3,(H,22,27). The van der Waals surface area contributed by atoms with Gasteiger partial charge in [-0.15, -0.1) is 0 Å². The average molecular weight is 391 g/mol. The minimum atomic E-state index is -0.210. The first kappa shape index (κ1) is 18.3. The zero-order chi connectivity index (χ0) is 20.1. The summed E-state index contributed by atoms with van der Waals surface area (Å²) in [4.78, 5) is 24.8. The highest BCUT2D eigenvalue weighted by molar-refractivity contribution is 5.94. The van der Waals surface area contributed by atoms with Gasteiger partial charge in [-0.2, -0.15) is 10.1 Å². The number of hydrogen-bond donors (Lipinski definition) is 1. The van der Waals surface area contributed by atoms with Gasteiger partial charge in [0.1, 0.15) is 18.4 Å². The molecule has 146 valence electrons. The van der Waals surface area contributed by atoms with Crippen LogP contribution in [0.2, 0.25) is 0 Å². The Morgan fingerprint density at radius 3 is 2.83 bits per heavy atom. The lowest BCUT2D eigenvalue weighted by Crippen LogP contribution is -2.23. The zero-order valence-corrected chi connectivity index (χ0v) is 15.5. The van der Waals surface area contributed by atoms with Crippen LogP contribution in [0.15, 0.2) is 59.8 Å². The fourth-order valence-electron chi connectivity index (χ4n) is 2.62. The van der Waals surface area contributed by atoms with Crippen molar-refractivity contribution in [3.05, 3.63) is 78.1 Å². The Hall–Kier alpha value is -4.08. The van der Waals surface area contributed by atoms with E-state index in [0.29, 0.717) is 35.4 Å². The molecule has 0 radical (unpaired) electrons. The van der Waals surface area contributed by atoms with Gasteiger partial charge in [-0.3, -0.25) is 4.79 Å². The molecule has 0 spiro atoms. The lowest BCUT2D eigenvalue weighted by Gasteiger charge is -2.10. The van der Waals surface area contributed by atoms with Crippen molar-refractivity contribution in [2.45, 2.75) is 20.1 Å². The number of hydrogen-bond acceptors (Lipinski definition) is 8. The van der Waals surface area contributed by atoms with E-state index in [1.54, 1.807) is 54.5 Å². The van der Waals surface area contributed by atoms with Crippen molar-refractivity contribution in [2.24, 2.45) is 0 Å². The second-order valence-corrected chi connectivity index (χ2v) is 6.05. The molecule has 0 unspecified atom stereocenters. The number of rotatable bonds is 7. The third-order valence-electron chi connectivity index (χ3n) is 4.00. The van der Waals surface area contributed by atoms with Gasteiger partial charge in [0, 0.05) is 30.8 Å². The SMILES string of the molecule is Cc1nc(COc2ccc(C(=O)NCc3cccnc3-n3cncn3)cc2)no1. The molecule has 0 fully saturated rings. The third kappa shape index (κ3) is 4.43. The maximum atomic E-state index is 12.5. The summed E-state index contributed by atoms with van der Waals surface area (Å²) >= 11 is 0. The number of benzene rings is 1. The summed E-state index contributed by atoms with van der Waals surface area (Å²) in [5.41, 5.74) is 1.33. The molecule has 0 atom stereocenters. The van der Waals surface area contributed by atoms with E-state index < -0.39 is 0 Å². The Kier molecular flexibility index (Phi) is 5.23. The van der Waals surface area contributed by atoms with Crippen LogP contribution in [0.4, 0.5) is 0 Å². The van der Waals surface area contributed by atoms with Crippen LogP contribution >= 0.6 is 0 Å². The van der Waals surface area contributed by atoms with Crippen molar-refractivity contribution in [2.75, 3.05) is 0 Å². The highest BCUT2D eigenvalue weighted by Gasteiger charge is 2.10. The third-order valence-corrected chi connectivity index (χ3v) is 4.00. The van der Waals surface area contributed by atoms with Crippen molar-refractivity contribution in [3.63, 3.8) is 0 Å². The average Bonchev–Trinajstić information content (AvgIpc) is 3.43. The van der Waals surface area contributed by atoms with Crippen molar-refractivity contribution in [1.29, 1.82) is 0 Å². The Morgan fingerprint density at radius 2 is 2.10 bits per heavy atom. The molecule has 10 heteroatoms. The van der Waals surface area contributed by atoms with E-state index in [-0.39, 0.29) is 12.5 Å². The molecule has 0 saturated carbocycles. The number of nitrogens with one attached hydrogen (secondary N) is 1. The summed E-state index contributed by atoms with van der Waals surface area (Å²) in [5.74, 6) is 1.95. The summed E-state index contributed by atoms with van der Waals surface area (Å²) < 4.78 is 12.0. The number of aryl methyl sites for hydroxylation is 1. The van der Waals surface area contributed by atoms with Gasteiger partial charge in [-0.05, 0) is 30.3 Å². The number of carbonyl (C=O) groups is 1. The van der Waals surface area contributed by atoms with Crippen LogP contribution in [-0.2, 0) is 13.2 Å². The molecule has 0 aliphatic heterocycles. The van der Waals surface area contributed by atoms with Gasteiger partial charge in [0.15, 0.2) is 12.4 Å². The molecule has 1 N–H and O–H groups in total. The first-order chi connectivity index (χ1) is 14.2. The van der Waals surface area contributed by atoms with Gasteiger partial charge in [0.05, 0.1) is 0 Å². The highest BCUT2D eigenvalue weighted by Crippen LogP contribution is 2.14. The smallest absolute Gasteiger partial charge is 0.251 e. The molecule has 4 rings (SSSR count). The fourth-order valence-corrected chi connectivity index (χ4v) is 2.62. The van der Waals surface area contributed by atoms with Crippen LogP contribution < -0.4 is 10.1 Å². The molecule has 29 heavy (non-hydrogen) atoms. The zero-order valence-electron chi connectivity index (χ0n) is 15.5. The Bertz CT molecular complexity index is 1090. The molecular weight excluding hydrogens is 374 g/mol. The van der Waals surface area contributed by atoms with Gasteiger partial charge in [-0.25, -0.2) is 14.6 Å². The van der Waals surface area contributed by atoms with Crippen LogP contribution in [0.5, 0.6) is 5.75 Å². The summed E-state index contributed by atoms with van der Waals surface area (Å²) in [6.07, 6.45) is 4.65. The van der Waals surface area contributed by atoms with Gasteiger partial charge < -0.3 is 14.6 Å². The molecule has 1 aromatic carbocycles. The molecule has 3 heterocycles.